The largest absolute Gasteiger partial charge is 0.382 e. The third-order valence-corrected chi connectivity index (χ3v) is 1.99. The molecule has 3 nitrogen and oxygen atoms in total. The molecule has 0 amide bonds. The van der Waals surface area contributed by atoms with Crippen molar-refractivity contribution in [2.75, 3.05) is 5.73 Å². The average Bonchev–Trinajstić information content (AvgIpc) is 2.08. The molecule has 0 saturated carbocycles. The molecular formula is C7H6Cl2N2O. The van der Waals surface area contributed by atoms with Gasteiger partial charge in [-0.3, -0.25) is 0 Å². The zero-order chi connectivity index (χ0) is 9.14. The number of carbonyl (C=O) groups excluding carboxylic acids is 1. The molecule has 0 spiro atoms. The number of nitrogen functional groups attached to an aromatic ring is 1. The van der Waals surface area contributed by atoms with Crippen molar-refractivity contribution >= 4 is 35.3 Å². The smallest absolute Gasteiger partial charge is 0.142 e. The number of aldehydes is 1. The molecule has 1 atom stereocenters. The van der Waals surface area contributed by atoms with E-state index >= 15 is 0 Å². The Balaban J connectivity index is 3.04. The van der Waals surface area contributed by atoms with Gasteiger partial charge < -0.3 is 10.5 Å². The van der Waals surface area contributed by atoms with Gasteiger partial charge in [0.2, 0.25) is 0 Å². The van der Waals surface area contributed by atoms with Crippen LogP contribution in [-0.4, -0.2) is 11.3 Å². The summed E-state index contributed by atoms with van der Waals surface area (Å²) >= 11 is 11.3. The topological polar surface area (TPSA) is 56.0 Å². The predicted octanol–water partition coefficient (Wildman–Crippen LogP) is 1.80. The normalized spacial score (nSPS) is 12.5. The molecule has 12 heavy (non-hydrogen) atoms. The number of nitrogens with zero attached hydrogens (tertiary/aromatic N) is 1. The first kappa shape index (κ1) is 9.29. The van der Waals surface area contributed by atoms with Gasteiger partial charge in [0, 0.05) is 6.20 Å². The van der Waals surface area contributed by atoms with Gasteiger partial charge in [-0.25, -0.2) is 4.98 Å². The number of rotatable bonds is 2. The van der Waals surface area contributed by atoms with E-state index in [1.165, 1.54) is 12.3 Å². The molecule has 1 aromatic rings. The molecule has 64 valence electrons. The number of carbonyl (C=O) groups is 1. The molecule has 1 unspecified atom stereocenters. The number of nitrogens with two attached hydrogens (primary N) is 1. The van der Waals surface area contributed by atoms with Crippen LogP contribution in [0.5, 0.6) is 0 Å². The summed E-state index contributed by atoms with van der Waals surface area (Å²) < 4.78 is 0. The van der Waals surface area contributed by atoms with E-state index in [2.05, 4.69) is 4.98 Å². The summed E-state index contributed by atoms with van der Waals surface area (Å²) in [5, 5.41) is -0.407. The Bertz CT molecular complexity index is 303. The van der Waals surface area contributed by atoms with Gasteiger partial charge in [-0.05, 0) is 11.6 Å². The lowest BCUT2D eigenvalue weighted by Gasteiger charge is -2.02. The maximum absolute atomic E-state index is 10.3. The SMILES string of the molecule is Nc1ncc(C(Cl)C=O)cc1Cl. The van der Waals surface area contributed by atoms with Gasteiger partial charge in [-0.2, -0.15) is 0 Å². The molecule has 5 heteroatoms. The van der Waals surface area contributed by atoms with Crippen LogP contribution in [0.15, 0.2) is 12.3 Å². The summed E-state index contributed by atoms with van der Waals surface area (Å²) in [5.74, 6) is 0.232. The van der Waals surface area contributed by atoms with Crippen LogP contribution >= 0.6 is 23.2 Å². The van der Waals surface area contributed by atoms with Crippen molar-refractivity contribution in [2.24, 2.45) is 0 Å². The molecule has 1 rings (SSSR count). The first-order valence-corrected chi connectivity index (χ1v) is 3.97. The molecule has 0 aromatic carbocycles. The highest BCUT2D eigenvalue weighted by Crippen LogP contribution is 2.23. The fraction of sp³-hybridized carbons (Fsp3) is 0.143. The summed E-state index contributed by atoms with van der Waals surface area (Å²) in [5.41, 5.74) is 5.90. The van der Waals surface area contributed by atoms with Crippen molar-refractivity contribution in [3.8, 4) is 0 Å². The Labute approximate surface area is 79.5 Å². The highest BCUT2D eigenvalue weighted by atomic mass is 35.5. The molecule has 0 fully saturated rings. The van der Waals surface area contributed by atoms with Crippen LogP contribution in [0.25, 0.3) is 0 Å². The molecule has 0 radical (unpaired) electrons. The van der Waals surface area contributed by atoms with Crippen LogP contribution in [0.2, 0.25) is 5.02 Å². The number of alkyl halides is 1. The van der Waals surface area contributed by atoms with Gasteiger partial charge >= 0.3 is 0 Å². The summed E-state index contributed by atoms with van der Waals surface area (Å²) in [6, 6.07) is 1.52. The number of hydrogen-bond acceptors (Lipinski definition) is 3. The minimum Gasteiger partial charge on any atom is -0.382 e. The van der Waals surface area contributed by atoms with Crippen LogP contribution < -0.4 is 5.73 Å². The minimum absolute atomic E-state index is 0.232. The molecular weight excluding hydrogens is 199 g/mol. The van der Waals surface area contributed by atoms with Gasteiger partial charge in [0.1, 0.15) is 17.5 Å². The number of pyridine rings is 1. The molecule has 0 aliphatic rings. The fourth-order valence-electron chi connectivity index (χ4n) is 0.693. The lowest BCUT2D eigenvalue weighted by Crippen LogP contribution is -1.96. The second-order valence-corrected chi connectivity index (χ2v) is 3.05. The van der Waals surface area contributed by atoms with E-state index in [0.717, 1.165) is 0 Å². The zero-order valence-corrected chi connectivity index (χ0v) is 7.51. The number of halogens is 2. The fourth-order valence-corrected chi connectivity index (χ4v) is 0.987. The average molecular weight is 205 g/mol. The lowest BCUT2D eigenvalue weighted by molar-refractivity contribution is -0.107. The summed E-state index contributed by atoms with van der Waals surface area (Å²) in [6.07, 6.45) is 2.03. The molecule has 0 aliphatic carbocycles. The van der Waals surface area contributed by atoms with Crippen molar-refractivity contribution in [3.05, 3.63) is 22.8 Å². The van der Waals surface area contributed by atoms with Crippen LogP contribution in [0.4, 0.5) is 5.82 Å². The van der Waals surface area contributed by atoms with Crippen molar-refractivity contribution in [2.45, 2.75) is 5.38 Å². The maximum atomic E-state index is 10.3. The van der Waals surface area contributed by atoms with Crippen LogP contribution in [0, 0.1) is 0 Å². The zero-order valence-electron chi connectivity index (χ0n) is 6.00. The second-order valence-electron chi connectivity index (χ2n) is 2.17. The summed E-state index contributed by atoms with van der Waals surface area (Å²) in [6.45, 7) is 0. The van der Waals surface area contributed by atoms with E-state index in [0.29, 0.717) is 16.9 Å². The van der Waals surface area contributed by atoms with Crippen molar-refractivity contribution in [1.82, 2.24) is 4.98 Å². The number of anilines is 1. The molecule has 2 N–H and O–H groups in total. The van der Waals surface area contributed by atoms with Crippen LogP contribution in [-0.2, 0) is 4.79 Å². The quantitative estimate of drug-likeness (QED) is 0.591. The van der Waals surface area contributed by atoms with Crippen molar-refractivity contribution < 1.29 is 4.79 Å². The molecule has 0 bridgehead atoms. The van der Waals surface area contributed by atoms with E-state index in [1.807, 2.05) is 0 Å². The number of hydrogen-bond donors (Lipinski definition) is 1. The highest BCUT2D eigenvalue weighted by molar-refractivity contribution is 6.33. The third-order valence-electron chi connectivity index (χ3n) is 1.33. The van der Waals surface area contributed by atoms with E-state index in [-0.39, 0.29) is 5.82 Å². The Morgan fingerprint density at radius 3 is 2.83 bits per heavy atom. The molecule has 0 aliphatic heterocycles. The Morgan fingerprint density at radius 2 is 2.33 bits per heavy atom. The third kappa shape index (κ3) is 1.87. The Hall–Kier alpha value is -0.800. The van der Waals surface area contributed by atoms with E-state index in [1.54, 1.807) is 0 Å². The van der Waals surface area contributed by atoms with E-state index in [4.69, 9.17) is 28.9 Å². The van der Waals surface area contributed by atoms with Crippen LogP contribution in [0.1, 0.15) is 10.9 Å². The summed E-state index contributed by atoms with van der Waals surface area (Å²) in [7, 11) is 0. The molecule has 1 heterocycles. The first-order chi connectivity index (χ1) is 5.65. The lowest BCUT2D eigenvalue weighted by atomic mass is 10.2. The van der Waals surface area contributed by atoms with Gasteiger partial charge in [0.05, 0.1) is 5.02 Å². The minimum atomic E-state index is -0.712. The van der Waals surface area contributed by atoms with E-state index in [9.17, 15) is 4.79 Å². The van der Waals surface area contributed by atoms with Crippen molar-refractivity contribution in [3.63, 3.8) is 0 Å². The standard InChI is InChI=1S/C7H6Cl2N2O/c8-5-1-4(6(9)3-12)2-11-7(5)10/h1-3,6H,(H2,10,11). The highest BCUT2D eigenvalue weighted by Gasteiger charge is 2.08. The molecule has 0 saturated heterocycles. The predicted molar refractivity (Wildman–Crippen MR) is 48.3 cm³/mol. The first-order valence-electron chi connectivity index (χ1n) is 3.15. The van der Waals surface area contributed by atoms with Gasteiger partial charge in [0.25, 0.3) is 0 Å². The van der Waals surface area contributed by atoms with Gasteiger partial charge in [0.15, 0.2) is 0 Å². The maximum Gasteiger partial charge on any atom is 0.142 e. The second kappa shape index (κ2) is 3.74. The monoisotopic (exact) mass is 204 g/mol. The van der Waals surface area contributed by atoms with Crippen LogP contribution in [0.3, 0.4) is 0 Å². The van der Waals surface area contributed by atoms with Gasteiger partial charge in [-0.1, -0.05) is 11.6 Å². The van der Waals surface area contributed by atoms with Gasteiger partial charge in [-0.15, -0.1) is 11.6 Å². The number of aromatic nitrogens is 1. The Kier molecular flexibility index (Phi) is 2.89. The van der Waals surface area contributed by atoms with Crippen molar-refractivity contribution in [1.29, 1.82) is 0 Å². The Morgan fingerprint density at radius 1 is 1.67 bits per heavy atom. The van der Waals surface area contributed by atoms with E-state index < -0.39 is 5.38 Å². The summed E-state index contributed by atoms with van der Waals surface area (Å²) in [4.78, 5) is 14.0. The molecule has 1 aromatic heterocycles.